The zero-order valence-corrected chi connectivity index (χ0v) is 16.4. The first-order valence-electron chi connectivity index (χ1n) is 10.5. The molecule has 3 rings (SSSR count). The van der Waals surface area contributed by atoms with Crippen LogP contribution in [0.5, 0.6) is 0 Å². The number of hydrogen-bond donors (Lipinski definition) is 1. The zero-order chi connectivity index (χ0) is 18.5. The minimum absolute atomic E-state index is 0.172. The summed E-state index contributed by atoms with van der Waals surface area (Å²) in [6, 6.07) is 0.956. The number of ether oxygens (including phenoxy) is 1. The van der Waals surface area contributed by atoms with E-state index in [4.69, 9.17) is 4.74 Å². The fourth-order valence-electron chi connectivity index (χ4n) is 4.71. The summed E-state index contributed by atoms with van der Waals surface area (Å²) >= 11 is 0. The molecule has 2 heterocycles. The van der Waals surface area contributed by atoms with E-state index >= 15 is 0 Å². The Bertz CT molecular complexity index is 485. The molecule has 1 N–H and O–H groups in total. The smallest absolute Gasteiger partial charge is 0.409 e. The van der Waals surface area contributed by atoms with E-state index in [1.165, 1.54) is 0 Å². The molecule has 0 bridgehead atoms. The molecule has 0 radical (unpaired) electrons. The third kappa shape index (κ3) is 4.90. The van der Waals surface area contributed by atoms with Crippen molar-refractivity contribution in [1.82, 2.24) is 15.1 Å². The number of hydrogen-bond acceptors (Lipinski definition) is 4. The number of likely N-dealkylation sites (tertiary alicyclic amines) is 2. The normalized spacial score (nSPS) is 31.0. The third-order valence-electron chi connectivity index (χ3n) is 6.36. The molecule has 0 aromatic rings. The predicted octanol–water partition coefficient (Wildman–Crippen LogP) is 2.62. The van der Waals surface area contributed by atoms with Crippen molar-refractivity contribution in [2.24, 2.45) is 11.8 Å². The van der Waals surface area contributed by atoms with E-state index in [0.29, 0.717) is 18.7 Å². The average Bonchev–Trinajstić information content (AvgIpc) is 2.87. The van der Waals surface area contributed by atoms with Gasteiger partial charge in [-0.05, 0) is 70.9 Å². The van der Waals surface area contributed by atoms with Crippen LogP contribution in [0.25, 0.3) is 0 Å². The third-order valence-corrected chi connectivity index (χ3v) is 6.36. The summed E-state index contributed by atoms with van der Waals surface area (Å²) in [6.07, 6.45) is 7.21. The summed E-state index contributed by atoms with van der Waals surface area (Å²) in [6.45, 7) is 8.12. The van der Waals surface area contributed by atoms with Crippen molar-refractivity contribution in [1.29, 1.82) is 0 Å². The summed E-state index contributed by atoms with van der Waals surface area (Å²) < 4.78 is 5.14. The van der Waals surface area contributed by atoms with Gasteiger partial charge in [0.2, 0.25) is 5.91 Å². The van der Waals surface area contributed by atoms with Crippen molar-refractivity contribution in [3.8, 4) is 0 Å². The first-order chi connectivity index (χ1) is 12.6. The Kier molecular flexibility index (Phi) is 6.79. The van der Waals surface area contributed by atoms with Gasteiger partial charge in [0, 0.05) is 31.1 Å². The van der Waals surface area contributed by atoms with Gasteiger partial charge < -0.3 is 19.9 Å². The molecule has 1 unspecified atom stereocenters. The molecule has 2 aliphatic heterocycles. The largest absolute Gasteiger partial charge is 0.450 e. The van der Waals surface area contributed by atoms with Gasteiger partial charge in [-0.15, -0.1) is 0 Å². The van der Waals surface area contributed by atoms with Gasteiger partial charge in [0.1, 0.15) is 0 Å². The first kappa shape index (κ1) is 19.5. The van der Waals surface area contributed by atoms with E-state index in [1.807, 2.05) is 11.8 Å². The van der Waals surface area contributed by atoms with Crippen molar-refractivity contribution in [3.63, 3.8) is 0 Å². The van der Waals surface area contributed by atoms with E-state index in [2.05, 4.69) is 17.1 Å². The van der Waals surface area contributed by atoms with E-state index in [9.17, 15) is 9.59 Å². The van der Waals surface area contributed by atoms with Gasteiger partial charge >= 0.3 is 6.09 Å². The average molecular weight is 366 g/mol. The quantitative estimate of drug-likeness (QED) is 0.832. The van der Waals surface area contributed by atoms with E-state index in [1.54, 1.807) is 0 Å². The van der Waals surface area contributed by atoms with Gasteiger partial charge in [0.15, 0.2) is 0 Å². The molecular formula is C20H35N3O3. The Hall–Kier alpha value is -1.30. The lowest BCUT2D eigenvalue weighted by Gasteiger charge is -2.38. The molecule has 26 heavy (non-hydrogen) atoms. The van der Waals surface area contributed by atoms with Gasteiger partial charge in [-0.1, -0.05) is 6.92 Å². The van der Waals surface area contributed by atoms with Crippen molar-refractivity contribution in [2.45, 2.75) is 70.9 Å². The summed E-state index contributed by atoms with van der Waals surface area (Å²) in [4.78, 5) is 28.8. The van der Waals surface area contributed by atoms with Gasteiger partial charge in [-0.3, -0.25) is 4.79 Å². The highest BCUT2D eigenvalue weighted by atomic mass is 16.6. The van der Waals surface area contributed by atoms with E-state index < -0.39 is 0 Å². The van der Waals surface area contributed by atoms with Crippen LogP contribution in [0.4, 0.5) is 4.79 Å². The number of carbonyl (C=O) groups is 2. The van der Waals surface area contributed by atoms with Crippen LogP contribution < -0.4 is 5.32 Å². The fourth-order valence-corrected chi connectivity index (χ4v) is 4.71. The molecule has 3 fully saturated rings. The minimum atomic E-state index is -0.172. The second-order valence-corrected chi connectivity index (χ2v) is 8.36. The molecule has 1 aliphatic carbocycles. The molecule has 1 atom stereocenters. The molecule has 2 saturated heterocycles. The van der Waals surface area contributed by atoms with Crippen LogP contribution in [0, 0.1) is 11.8 Å². The Morgan fingerprint density at radius 2 is 1.77 bits per heavy atom. The van der Waals surface area contributed by atoms with E-state index in [0.717, 1.165) is 77.0 Å². The van der Waals surface area contributed by atoms with Gasteiger partial charge in [-0.25, -0.2) is 4.79 Å². The SMILES string of the molecule is CCOC(=O)N1CCCC(N2CCC(C(=O)NC3CC(C)C3)CC2)CC1. The topological polar surface area (TPSA) is 61.9 Å². The van der Waals surface area contributed by atoms with Crippen molar-refractivity contribution >= 4 is 12.0 Å². The molecular weight excluding hydrogens is 330 g/mol. The minimum Gasteiger partial charge on any atom is -0.450 e. The second-order valence-electron chi connectivity index (χ2n) is 8.36. The Morgan fingerprint density at radius 1 is 1.04 bits per heavy atom. The van der Waals surface area contributed by atoms with Crippen molar-refractivity contribution in [3.05, 3.63) is 0 Å². The molecule has 2 amide bonds. The van der Waals surface area contributed by atoms with Crippen LogP contribution in [0.3, 0.4) is 0 Å². The lowest BCUT2D eigenvalue weighted by molar-refractivity contribution is -0.128. The lowest BCUT2D eigenvalue weighted by Crippen LogP contribution is -2.49. The first-order valence-corrected chi connectivity index (χ1v) is 10.5. The molecule has 148 valence electrons. The van der Waals surface area contributed by atoms with Crippen LogP contribution in [0.15, 0.2) is 0 Å². The van der Waals surface area contributed by atoms with Crippen molar-refractivity contribution in [2.75, 3.05) is 32.8 Å². The molecule has 0 aromatic heterocycles. The van der Waals surface area contributed by atoms with Crippen LogP contribution in [0.2, 0.25) is 0 Å². The van der Waals surface area contributed by atoms with Crippen LogP contribution in [-0.4, -0.2) is 66.7 Å². The molecule has 3 aliphatic rings. The summed E-state index contributed by atoms with van der Waals surface area (Å²) in [5.74, 6) is 1.23. The van der Waals surface area contributed by atoms with Crippen LogP contribution in [-0.2, 0) is 9.53 Å². The molecule has 6 heteroatoms. The molecule has 6 nitrogen and oxygen atoms in total. The maximum absolute atomic E-state index is 12.4. The maximum Gasteiger partial charge on any atom is 0.409 e. The fraction of sp³-hybridized carbons (Fsp3) is 0.900. The standard InChI is InChI=1S/C20H35N3O3/c1-3-26-20(25)23-9-4-5-18(8-12-23)22-10-6-16(7-11-22)19(24)21-17-13-15(2)14-17/h15-18H,3-14H2,1-2H3,(H,21,24). The van der Waals surface area contributed by atoms with Gasteiger partial charge in [0.05, 0.1) is 6.61 Å². The van der Waals surface area contributed by atoms with Crippen LogP contribution >= 0.6 is 0 Å². The summed E-state index contributed by atoms with van der Waals surface area (Å²) in [5, 5.41) is 3.24. The maximum atomic E-state index is 12.4. The highest BCUT2D eigenvalue weighted by Crippen LogP contribution is 2.28. The zero-order valence-electron chi connectivity index (χ0n) is 16.4. The Balaban J connectivity index is 1.40. The second kappa shape index (κ2) is 9.07. The Morgan fingerprint density at radius 3 is 2.42 bits per heavy atom. The van der Waals surface area contributed by atoms with Gasteiger partial charge in [-0.2, -0.15) is 0 Å². The lowest BCUT2D eigenvalue weighted by atomic mass is 9.81. The van der Waals surface area contributed by atoms with E-state index in [-0.39, 0.29) is 17.9 Å². The van der Waals surface area contributed by atoms with Gasteiger partial charge in [0.25, 0.3) is 0 Å². The number of nitrogens with one attached hydrogen (secondary N) is 1. The number of piperidine rings is 1. The summed E-state index contributed by atoms with van der Waals surface area (Å²) in [7, 11) is 0. The number of amides is 2. The monoisotopic (exact) mass is 365 g/mol. The number of rotatable bonds is 4. The van der Waals surface area contributed by atoms with Crippen LogP contribution in [0.1, 0.15) is 58.8 Å². The highest BCUT2D eigenvalue weighted by Gasteiger charge is 2.33. The Labute approximate surface area is 157 Å². The molecule has 0 aromatic carbocycles. The number of carbonyl (C=O) groups excluding carboxylic acids is 2. The summed E-state index contributed by atoms with van der Waals surface area (Å²) in [5.41, 5.74) is 0. The van der Waals surface area contributed by atoms with Crippen molar-refractivity contribution < 1.29 is 14.3 Å². The number of nitrogens with zero attached hydrogens (tertiary/aromatic N) is 2. The highest BCUT2D eigenvalue weighted by molar-refractivity contribution is 5.79. The predicted molar refractivity (Wildman–Crippen MR) is 101 cm³/mol. The molecule has 0 spiro atoms. The molecule has 1 saturated carbocycles.